The van der Waals surface area contributed by atoms with Gasteiger partial charge in [0.15, 0.2) is 0 Å². The topological polar surface area (TPSA) is 78.4 Å². The van der Waals surface area contributed by atoms with Crippen LogP contribution in [0.2, 0.25) is 0 Å². The monoisotopic (exact) mass is 337 g/mol. The Morgan fingerprint density at radius 3 is 2.83 bits per heavy atom. The minimum Gasteiger partial charge on any atom is -0.351 e. The molecule has 2 aliphatic rings. The number of aromatic nitrogens is 2. The lowest BCUT2D eigenvalue weighted by molar-refractivity contribution is -0.141. The zero-order chi connectivity index (χ0) is 16.4. The second-order valence-electron chi connectivity index (χ2n) is 6.36. The lowest BCUT2D eigenvalue weighted by Gasteiger charge is -2.41. The molecule has 0 unspecified atom stereocenters. The Labute approximate surface area is 140 Å². The molecule has 0 aromatic carbocycles. The molecule has 1 N–H and O–H groups in total. The van der Waals surface area contributed by atoms with Gasteiger partial charge in [-0.2, -0.15) is 0 Å². The predicted octanol–water partition coefficient (Wildman–Crippen LogP) is 0.383. The van der Waals surface area contributed by atoms with Crippen LogP contribution in [0.1, 0.15) is 35.1 Å². The van der Waals surface area contributed by atoms with E-state index in [9.17, 15) is 9.59 Å². The van der Waals surface area contributed by atoms with Crippen LogP contribution < -0.4 is 5.32 Å². The third kappa shape index (κ3) is 3.37. The van der Waals surface area contributed by atoms with Crippen molar-refractivity contribution in [2.24, 2.45) is 5.92 Å². The van der Waals surface area contributed by atoms with Crippen molar-refractivity contribution in [3.8, 4) is 0 Å². The molecule has 23 heavy (non-hydrogen) atoms. The summed E-state index contributed by atoms with van der Waals surface area (Å²) in [4.78, 5) is 29.2. The molecule has 0 aliphatic carbocycles. The van der Waals surface area contributed by atoms with Gasteiger partial charge in [0.25, 0.3) is 5.91 Å². The van der Waals surface area contributed by atoms with Crippen molar-refractivity contribution < 1.29 is 9.59 Å². The van der Waals surface area contributed by atoms with E-state index in [0.29, 0.717) is 23.8 Å². The fourth-order valence-electron chi connectivity index (χ4n) is 3.24. The lowest BCUT2D eigenvalue weighted by Crippen LogP contribution is -2.57. The van der Waals surface area contributed by atoms with E-state index < -0.39 is 0 Å². The van der Waals surface area contributed by atoms with E-state index in [0.717, 1.165) is 49.7 Å². The number of hydrogen-bond acceptors (Lipinski definition) is 6. The summed E-state index contributed by atoms with van der Waals surface area (Å²) in [7, 11) is 2.02. The normalized spacial score (nSPS) is 22.2. The molecule has 1 aromatic heterocycles. The highest BCUT2D eigenvalue weighted by molar-refractivity contribution is 7.08. The number of carbonyl (C=O) groups is 2. The van der Waals surface area contributed by atoms with Crippen LogP contribution in [0.25, 0.3) is 0 Å². The minimum absolute atomic E-state index is 0.0564. The highest BCUT2D eigenvalue weighted by Crippen LogP contribution is 2.22. The average Bonchev–Trinajstić information content (AvgIpc) is 3.13. The Morgan fingerprint density at radius 1 is 1.39 bits per heavy atom. The Hall–Kier alpha value is -1.54. The van der Waals surface area contributed by atoms with Crippen molar-refractivity contribution in [2.75, 3.05) is 33.2 Å². The van der Waals surface area contributed by atoms with Gasteiger partial charge in [0.2, 0.25) is 5.91 Å². The third-order valence-corrected chi connectivity index (χ3v) is 5.49. The van der Waals surface area contributed by atoms with Crippen LogP contribution in [0, 0.1) is 5.92 Å². The van der Waals surface area contributed by atoms with Crippen molar-refractivity contribution >= 4 is 23.3 Å². The number of likely N-dealkylation sites (tertiary alicyclic amines) is 2. The van der Waals surface area contributed by atoms with E-state index in [-0.39, 0.29) is 17.9 Å². The van der Waals surface area contributed by atoms with Crippen molar-refractivity contribution in [2.45, 2.75) is 32.2 Å². The molecule has 1 atom stereocenters. The Morgan fingerprint density at radius 2 is 2.17 bits per heavy atom. The number of likely N-dealkylation sites (N-methyl/N-ethyl adjacent to an activating group) is 1. The number of rotatable bonds is 5. The van der Waals surface area contributed by atoms with Crippen molar-refractivity contribution in [1.82, 2.24) is 24.7 Å². The summed E-state index contributed by atoms with van der Waals surface area (Å²) >= 11 is 1.14. The summed E-state index contributed by atoms with van der Waals surface area (Å²) in [5.74, 6) is 0.491. The molecule has 2 fully saturated rings. The summed E-state index contributed by atoms with van der Waals surface area (Å²) in [6.45, 7) is 5.05. The standard InChI is InChI=1S/C15H23N5O2S/c1-3-11-13(23-18-17-11)14(21)16-7-10-8-20(9-10)15(22)12-5-4-6-19(12)2/h10,12H,3-9H2,1-2H3,(H,16,21)/t12-/m1/s1. The fraction of sp³-hybridized carbons (Fsp3) is 0.733. The molecule has 8 heteroatoms. The number of aryl methyl sites for hydroxylation is 1. The first-order chi connectivity index (χ1) is 11.1. The molecular weight excluding hydrogens is 314 g/mol. The van der Waals surface area contributed by atoms with Crippen LogP contribution in [0.4, 0.5) is 0 Å². The zero-order valence-corrected chi connectivity index (χ0v) is 14.4. The van der Waals surface area contributed by atoms with Gasteiger partial charge in [-0.1, -0.05) is 11.4 Å². The SMILES string of the molecule is CCc1nnsc1C(=O)NCC1CN(C(=O)[C@H]2CCCN2C)C1. The summed E-state index contributed by atoms with van der Waals surface area (Å²) in [6.07, 6.45) is 2.77. The van der Waals surface area contributed by atoms with Gasteiger partial charge in [-0.05, 0) is 44.4 Å². The average molecular weight is 337 g/mol. The molecule has 2 aliphatic heterocycles. The van der Waals surface area contributed by atoms with Gasteiger partial charge >= 0.3 is 0 Å². The van der Waals surface area contributed by atoms with Crippen LogP contribution in [0.3, 0.4) is 0 Å². The first-order valence-electron chi connectivity index (χ1n) is 8.18. The Kier molecular flexibility index (Phi) is 4.91. The maximum Gasteiger partial charge on any atom is 0.264 e. The fourth-order valence-corrected chi connectivity index (χ4v) is 3.91. The highest BCUT2D eigenvalue weighted by Gasteiger charge is 2.37. The third-order valence-electron chi connectivity index (χ3n) is 4.72. The number of nitrogens with zero attached hydrogens (tertiary/aromatic N) is 4. The highest BCUT2D eigenvalue weighted by atomic mass is 32.1. The van der Waals surface area contributed by atoms with Crippen LogP contribution in [0.15, 0.2) is 0 Å². The summed E-state index contributed by atoms with van der Waals surface area (Å²) < 4.78 is 3.84. The van der Waals surface area contributed by atoms with E-state index in [2.05, 4.69) is 19.8 Å². The molecule has 2 saturated heterocycles. The van der Waals surface area contributed by atoms with E-state index in [1.54, 1.807) is 0 Å². The smallest absolute Gasteiger partial charge is 0.264 e. The number of nitrogens with one attached hydrogen (secondary N) is 1. The summed E-state index contributed by atoms with van der Waals surface area (Å²) in [5.41, 5.74) is 0.752. The van der Waals surface area contributed by atoms with E-state index in [1.807, 2.05) is 18.9 Å². The summed E-state index contributed by atoms with van der Waals surface area (Å²) in [6, 6.07) is 0.0564. The Balaban J connectivity index is 1.42. The molecule has 0 bridgehead atoms. The molecule has 126 valence electrons. The second-order valence-corrected chi connectivity index (χ2v) is 7.11. The number of hydrogen-bond donors (Lipinski definition) is 1. The molecule has 0 spiro atoms. The summed E-state index contributed by atoms with van der Waals surface area (Å²) in [5, 5.41) is 6.90. The van der Waals surface area contributed by atoms with Crippen LogP contribution in [-0.2, 0) is 11.2 Å². The van der Waals surface area contributed by atoms with Crippen molar-refractivity contribution in [3.05, 3.63) is 10.6 Å². The predicted molar refractivity (Wildman–Crippen MR) is 87.3 cm³/mol. The molecule has 3 heterocycles. The largest absolute Gasteiger partial charge is 0.351 e. The first-order valence-corrected chi connectivity index (χ1v) is 8.96. The van der Waals surface area contributed by atoms with Gasteiger partial charge in [0, 0.05) is 25.6 Å². The Bertz CT molecular complexity index is 584. The number of amides is 2. The van der Waals surface area contributed by atoms with Crippen LogP contribution in [0.5, 0.6) is 0 Å². The maximum absolute atomic E-state index is 12.4. The molecule has 3 rings (SSSR count). The van der Waals surface area contributed by atoms with Gasteiger partial charge in [-0.3, -0.25) is 14.5 Å². The first kappa shape index (κ1) is 16.3. The quantitative estimate of drug-likeness (QED) is 0.840. The lowest BCUT2D eigenvalue weighted by atomic mass is 9.98. The maximum atomic E-state index is 12.4. The van der Waals surface area contributed by atoms with Crippen molar-refractivity contribution in [1.29, 1.82) is 0 Å². The molecule has 7 nitrogen and oxygen atoms in total. The second kappa shape index (κ2) is 6.92. The molecule has 1 aromatic rings. The van der Waals surface area contributed by atoms with Gasteiger partial charge in [0.05, 0.1) is 11.7 Å². The zero-order valence-electron chi connectivity index (χ0n) is 13.6. The van der Waals surface area contributed by atoms with Gasteiger partial charge < -0.3 is 10.2 Å². The molecule has 0 radical (unpaired) electrons. The van der Waals surface area contributed by atoms with Crippen LogP contribution >= 0.6 is 11.5 Å². The minimum atomic E-state index is -0.0999. The van der Waals surface area contributed by atoms with E-state index >= 15 is 0 Å². The van der Waals surface area contributed by atoms with E-state index in [1.165, 1.54) is 0 Å². The van der Waals surface area contributed by atoms with Gasteiger partial charge in [-0.25, -0.2) is 0 Å². The van der Waals surface area contributed by atoms with E-state index in [4.69, 9.17) is 0 Å². The molecular formula is C15H23N5O2S. The van der Waals surface area contributed by atoms with Crippen LogP contribution in [-0.4, -0.2) is 70.5 Å². The van der Waals surface area contributed by atoms with Crippen molar-refractivity contribution in [3.63, 3.8) is 0 Å². The van der Waals surface area contributed by atoms with Gasteiger partial charge in [-0.15, -0.1) is 5.10 Å². The number of carbonyl (C=O) groups excluding carboxylic acids is 2. The van der Waals surface area contributed by atoms with Gasteiger partial charge in [0.1, 0.15) is 4.88 Å². The molecule has 2 amide bonds. The molecule has 0 saturated carbocycles.